The molecule has 0 bridgehead atoms. The Hall–Kier alpha value is -3.40. The number of rotatable bonds is 5. The van der Waals surface area contributed by atoms with Gasteiger partial charge in [-0.15, -0.1) is 0 Å². The molecule has 0 aromatic heterocycles. The minimum atomic E-state index is -0.206. The van der Waals surface area contributed by atoms with E-state index in [1.165, 1.54) is 5.56 Å². The fraction of sp³-hybridized carbons (Fsp3) is 0.167. The Bertz CT molecular complexity index is 934. The normalized spacial score (nSPS) is 10.5. The molecule has 0 unspecified atom stereocenters. The molecule has 0 saturated heterocycles. The molecule has 3 aromatic carbocycles. The van der Waals surface area contributed by atoms with Gasteiger partial charge in [-0.3, -0.25) is 9.59 Å². The topological polar surface area (TPSA) is 72.2 Å². The summed E-state index contributed by atoms with van der Waals surface area (Å²) in [7, 11) is 0. The third-order valence-corrected chi connectivity index (χ3v) is 4.77. The Balaban J connectivity index is 1.79. The minimum Gasteiger partial charge on any atom is -0.399 e. The average Bonchev–Trinajstić information content (AvgIpc) is 2.66. The standard InChI is InChI=1S/C24H24N2O2/c1-15-4-6-18(7-5-15)14-23(27)21-12-17(3)22(13-16(21)2)24(28)26-20-10-8-19(25)9-11-20/h4-13H,14,25H2,1-3H3,(H,26,28). The van der Waals surface area contributed by atoms with Crippen molar-refractivity contribution in [2.45, 2.75) is 27.2 Å². The van der Waals surface area contributed by atoms with Crippen LogP contribution in [0.1, 0.15) is 43.0 Å². The number of carbonyl (C=O) groups excluding carboxylic acids is 2. The van der Waals surface area contributed by atoms with Gasteiger partial charge in [0.05, 0.1) is 0 Å². The second kappa shape index (κ2) is 8.09. The van der Waals surface area contributed by atoms with Crippen LogP contribution in [0.4, 0.5) is 11.4 Å². The first-order chi connectivity index (χ1) is 13.3. The Morgan fingerprint density at radius 2 is 1.39 bits per heavy atom. The van der Waals surface area contributed by atoms with Crippen molar-refractivity contribution in [3.05, 3.63) is 94.0 Å². The summed E-state index contributed by atoms with van der Waals surface area (Å²) in [5, 5.41) is 2.87. The number of hydrogen-bond donors (Lipinski definition) is 2. The SMILES string of the molecule is Cc1ccc(CC(=O)c2cc(C)c(C(=O)Nc3ccc(N)cc3)cc2C)cc1. The van der Waals surface area contributed by atoms with Crippen LogP contribution in [-0.4, -0.2) is 11.7 Å². The molecule has 3 N–H and O–H groups in total. The molecular weight excluding hydrogens is 348 g/mol. The van der Waals surface area contributed by atoms with Gasteiger partial charge in [0.1, 0.15) is 0 Å². The van der Waals surface area contributed by atoms with Gasteiger partial charge in [-0.2, -0.15) is 0 Å². The fourth-order valence-electron chi connectivity index (χ4n) is 3.11. The van der Waals surface area contributed by atoms with Crippen LogP contribution >= 0.6 is 0 Å². The van der Waals surface area contributed by atoms with Gasteiger partial charge in [-0.25, -0.2) is 0 Å². The Labute approximate surface area is 165 Å². The number of Topliss-reactive ketones (excluding diaryl/α,β-unsaturated/α-hetero) is 1. The third-order valence-electron chi connectivity index (χ3n) is 4.77. The number of hydrogen-bond acceptors (Lipinski definition) is 3. The number of nitrogens with two attached hydrogens (primary N) is 1. The molecule has 3 rings (SSSR count). The molecule has 0 fully saturated rings. The van der Waals surface area contributed by atoms with Crippen molar-refractivity contribution >= 4 is 23.1 Å². The van der Waals surface area contributed by atoms with Gasteiger partial charge in [0.15, 0.2) is 5.78 Å². The summed E-state index contributed by atoms with van der Waals surface area (Å²) >= 11 is 0. The number of amides is 1. The molecular formula is C24H24N2O2. The largest absolute Gasteiger partial charge is 0.399 e. The van der Waals surface area contributed by atoms with Crippen molar-refractivity contribution < 1.29 is 9.59 Å². The Morgan fingerprint density at radius 1 is 0.821 bits per heavy atom. The zero-order valence-electron chi connectivity index (χ0n) is 16.4. The maximum absolute atomic E-state index is 12.8. The van der Waals surface area contributed by atoms with Crippen molar-refractivity contribution in [3.8, 4) is 0 Å². The number of carbonyl (C=O) groups is 2. The Morgan fingerprint density at radius 3 is 2.04 bits per heavy atom. The molecule has 28 heavy (non-hydrogen) atoms. The smallest absolute Gasteiger partial charge is 0.255 e. The highest BCUT2D eigenvalue weighted by atomic mass is 16.1. The highest BCUT2D eigenvalue weighted by Crippen LogP contribution is 2.20. The number of nitrogen functional groups attached to an aromatic ring is 1. The highest BCUT2D eigenvalue weighted by molar-refractivity contribution is 6.07. The molecule has 3 aromatic rings. The summed E-state index contributed by atoms with van der Waals surface area (Å²) < 4.78 is 0. The molecule has 0 aliphatic rings. The predicted octanol–water partition coefficient (Wildman–Crippen LogP) is 4.87. The lowest BCUT2D eigenvalue weighted by Crippen LogP contribution is -2.15. The van der Waals surface area contributed by atoms with E-state index in [-0.39, 0.29) is 11.7 Å². The average molecular weight is 372 g/mol. The number of anilines is 2. The molecule has 0 radical (unpaired) electrons. The van der Waals surface area contributed by atoms with Gasteiger partial charge in [0.25, 0.3) is 5.91 Å². The molecule has 0 spiro atoms. The van der Waals surface area contributed by atoms with E-state index in [9.17, 15) is 9.59 Å². The molecule has 1 amide bonds. The van der Waals surface area contributed by atoms with Crippen LogP contribution in [0.25, 0.3) is 0 Å². The zero-order valence-corrected chi connectivity index (χ0v) is 16.4. The third kappa shape index (κ3) is 4.46. The molecule has 0 heterocycles. The summed E-state index contributed by atoms with van der Waals surface area (Å²) in [6.45, 7) is 5.73. The van der Waals surface area contributed by atoms with Crippen molar-refractivity contribution in [1.82, 2.24) is 0 Å². The number of aryl methyl sites for hydroxylation is 3. The maximum Gasteiger partial charge on any atom is 0.255 e. The van der Waals surface area contributed by atoms with Crippen LogP contribution < -0.4 is 11.1 Å². The first kappa shape index (κ1) is 19.4. The van der Waals surface area contributed by atoms with Crippen molar-refractivity contribution in [1.29, 1.82) is 0 Å². The van der Waals surface area contributed by atoms with E-state index in [0.717, 1.165) is 16.7 Å². The van der Waals surface area contributed by atoms with E-state index in [1.807, 2.05) is 51.1 Å². The van der Waals surface area contributed by atoms with E-state index < -0.39 is 0 Å². The van der Waals surface area contributed by atoms with Gasteiger partial charge in [-0.1, -0.05) is 29.8 Å². The van der Waals surface area contributed by atoms with Gasteiger partial charge in [-0.05, 0) is 73.9 Å². The van der Waals surface area contributed by atoms with Crippen molar-refractivity contribution in [2.75, 3.05) is 11.1 Å². The molecule has 0 saturated carbocycles. The quantitative estimate of drug-likeness (QED) is 0.496. The molecule has 0 atom stereocenters. The second-order valence-electron chi connectivity index (χ2n) is 7.14. The van der Waals surface area contributed by atoms with Crippen molar-refractivity contribution in [2.24, 2.45) is 0 Å². The van der Waals surface area contributed by atoms with Gasteiger partial charge in [0.2, 0.25) is 0 Å². The fourth-order valence-corrected chi connectivity index (χ4v) is 3.11. The molecule has 0 aliphatic heterocycles. The first-order valence-corrected chi connectivity index (χ1v) is 9.20. The van der Waals surface area contributed by atoms with Crippen LogP contribution in [0.3, 0.4) is 0 Å². The highest BCUT2D eigenvalue weighted by Gasteiger charge is 2.16. The summed E-state index contributed by atoms with van der Waals surface area (Å²) in [4.78, 5) is 25.4. The van der Waals surface area contributed by atoms with Gasteiger partial charge in [0, 0.05) is 28.9 Å². The number of nitrogens with one attached hydrogen (secondary N) is 1. The van der Waals surface area contributed by atoms with Gasteiger partial charge >= 0.3 is 0 Å². The van der Waals surface area contributed by atoms with Crippen LogP contribution in [0, 0.1) is 20.8 Å². The second-order valence-corrected chi connectivity index (χ2v) is 7.14. The van der Waals surface area contributed by atoms with Gasteiger partial charge < -0.3 is 11.1 Å². The summed E-state index contributed by atoms with van der Waals surface area (Å²) in [5.74, 6) is -0.155. The molecule has 4 nitrogen and oxygen atoms in total. The van der Waals surface area contributed by atoms with E-state index in [2.05, 4.69) is 5.32 Å². The van der Waals surface area contributed by atoms with E-state index >= 15 is 0 Å². The van der Waals surface area contributed by atoms with Crippen LogP contribution in [0.2, 0.25) is 0 Å². The van der Waals surface area contributed by atoms with Crippen LogP contribution in [-0.2, 0) is 6.42 Å². The predicted molar refractivity (Wildman–Crippen MR) is 114 cm³/mol. The van der Waals surface area contributed by atoms with E-state index in [1.54, 1.807) is 30.3 Å². The Kier molecular flexibility index (Phi) is 5.59. The summed E-state index contributed by atoms with van der Waals surface area (Å²) in [6.07, 6.45) is 0.345. The number of benzene rings is 3. The lowest BCUT2D eigenvalue weighted by atomic mass is 9.94. The lowest BCUT2D eigenvalue weighted by molar-refractivity contribution is 0.0988. The summed E-state index contributed by atoms with van der Waals surface area (Å²) in [6, 6.07) is 18.5. The minimum absolute atomic E-state index is 0.0509. The first-order valence-electron chi connectivity index (χ1n) is 9.20. The maximum atomic E-state index is 12.8. The van der Waals surface area contributed by atoms with E-state index in [4.69, 9.17) is 5.73 Å². The number of ketones is 1. The monoisotopic (exact) mass is 372 g/mol. The molecule has 4 heteroatoms. The summed E-state index contributed by atoms with van der Waals surface area (Å²) in [5.41, 5.74) is 11.9. The van der Waals surface area contributed by atoms with Crippen LogP contribution in [0.5, 0.6) is 0 Å². The molecule has 142 valence electrons. The lowest BCUT2D eigenvalue weighted by Gasteiger charge is -2.12. The van der Waals surface area contributed by atoms with Crippen molar-refractivity contribution in [3.63, 3.8) is 0 Å². The zero-order chi connectivity index (χ0) is 20.3. The van der Waals surface area contributed by atoms with E-state index in [0.29, 0.717) is 28.9 Å². The van der Waals surface area contributed by atoms with Crippen LogP contribution in [0.15, 0.2) is 60.7 Å². The molecule has 0 aliphatic carbocycles.